The Balaban J connectivity index is 0.000000240. The van der Waals surface area contributed by atoms with Crippen LogP contribution < -0.4 is 10.6 Å². The van der Waals surface area contributed by atoms with Gasteiger partial charge in [-0.25, -0.2) is 0 Å². The van der Waals surface area contributed by atoms with Crippen LogP contribution in [0.5, 0.6) is 0 Å². The number of benzene rings is 2. The van der Waals surface area contributed by atoms with Crippen molar-refractivity contribution >= 4 is 37.5 Å². The van der Waals surface area contributed by atoms with Crippen molar-refractivity contribution in [3.63, 3.8) is 0 Å². The van der Waals surface area contributed by atoms with E-state index < -0.39 is 18.3 Å². The fourth-order valence-electron chi connectivity index (χ4n) is 1.21. The van der Waals surface area contributed by atoms with Gasteiger partial charge in [-0.2, -0.15) is 16.8 Å². The third-order valence-corrected chi connectivity index (χ3v) is 5.48. The van der Waals surface area contributed by atoms with Gasteiger partial charge in [0.2, 0.25) is 0 Å². The first kappa shape index (κ1) is 17.7. The zero-order valence-corrected chi connectivity index (χ0v) is 13.3. The highest BCUT2D eigenvalue weighted by atomic mass is 33.2. The molecule has 0 aliphatic carbocycles. The maximum atomic E-state index is 9.37. The molecule has 0 aliphatic heterocycles. The topological polar surface area (TPSA) is 109 Å². The van der Waals surface area contributed by atoms with E-state index in [-0.39, 0.29) is 0 Å². The predicted molar refractivity (Wildman–Crippen MR) is 83.6 cm³/mol. The smallest absolute Gasteiger partial charge is 0.272 e. The normalized spacial score (nSPS) is 11.3. The first-order valence-electron chi connectivity index (χ1n) is 5.52. The van der Waals surface area contributed by atoms with E-state index in [1.54, 1.807) is 0 Å². The number of hydrogen-bond acceptors (Lipinski definition) is 4. The van der Waals surface area contributed by atoms with Crippen molar-refractivity contribution in [3.05, 3.63) is 60.7 Å². The van der Waals surface area contributed by atoms with Gasteiger partial charge in [0.25, 0.3) is 0 Å². The molecule has 0 saturated heterocycles. The van der Waals surface area contributed by atoms with Crippen molar-refractivity contribution in [1.82, 2.24) is 0 Å². The van der Waals surface area contributed by atoms with E-state index in [0.717, 1.165) is 8.58 Å². The van der Waals surface area contributed by atoms with Gasteiger partial charge in [-0.05, 0) is 10.6 Å². The minimum Gasteiger partial charge on any atom is -0.272 e. The Labute approximate surface area is 124 Å². The van der Waals surface area contributed by atoms with Gasteiger partial charge < -0.3 is 0 Å². The van der Waals surface area contributed by atoms with Crippen LogP contribution in [0, 0.1) is 0 Å². The van der Waals surface area contributed by atoms with Crippen LogP contribution in [-0.4, -0.2) is 25.9 Å². The van der Waals surface area contributed by atoms with E-state index in [4.69, 9.17) is 9.11 Å². The molecule has 2 aromatic rings. The Morgan fingerprint density at radius 1 is 0.619 bits per heavy atom. The molecule has 114 valence electrons. The Kier molecular flexibility index (Phi) is 6.44. The molecule has 9 heteroatoms. The predicted octanol–water partition coefficient (Wildman–Crippen LogP) is 0.993. The summed E-state index contributed by atoms with van der Waals surface area (Å²) in [5.74, 6) is 0. The lowest BCUT2D eigenvalue weighted by atomic mass is 10.4. The average Bonchev–Trinajstić information content (AvgIpc) is 2.39. The maximum Gasteiger partial charge on any atom is 0.397 e. The fraction of sp³-hybridized carbons (Fsp3) is 0. The summed E-state index contributed by atoms with van der Waals surface area (Å²) >= 11 is 0. The number of hydrogen-bond donors (Lipinski definition) is 2. The lowest BCUT2D eigenvalue weighted by Gasteiger charge is -2.00. The molecule has 0 unspecified atom stereocenters. The van der Waals surface area contributed by atoms with Gasteiger partial charge in [0.05, 0.1) is 0 Å². The lowest BCUT2D eigenvalue weighted by molar-refractivity contribution is 0.460. The van der Waals surface area contributed by atoms with Crippen LogP contribution in [-0.2, 0) is 18.3 Å². The average molecular weight is 348 g/mol. The molecule has 0 fully saturated rings. The summed E-state index contributed by atoms with van der Waals surface area (Å²) in [7, 11) is -9.85. The quantitative estimate of drug-likeness (QED) is 0.486. The minimum atomic E-state index is -5.31. The highest BCUT2D eigenvalue weighted by molar-refractivity contribution is 8.62. The summed E-state index contributed by atoms with van der Waals surface area (Å²) in [4.78, 5) is 0. The molecule has 0 spiro atoms. The summed E-state index contributed by atoms with van der Waals surface area (Å²) in [6.45, 7) is 0. The van der Waals surface area contributed by atoms with Crippen molar-refractivity contribution < 1.29 is 25.9 Å². The lowest BCUT2D eigenvalue weighted by Crippen LogP contribution is -2.11. The summed E-state index contributed by atoms with van der Waals surface area (Å²) in [6.07, 6.45) is 0. The molecular weight excluding hydrogens is 335 g/mol. The van der Waals surface area contributed by atoms with E-state index in [2.05, 4.69) is 60.7 Å². The largest absolute Gasteiger partial charge is 0.397 e. The first-order valence-corrected chi connectivity index (χ1v) is 9.92. The monoisotopic (exact) mass is 348 g/mol. The summed E-state index contributed by atoms with van der Waals surface area (Å²) < 4.78 is 52.5. The van der Waals surface area contributed by atoms with Crippen molar-refractivity contribution in [1.29, 1.82) is 0 Å². The molecular formula is C12H13O6PS2. The van der Waals surface area contributed by atoms with Crippen LogP contribution in [0.15, 0.2) is 60.7 Å². The van der Waals surface area contributed by atoms with Crippen molar-refractivity contribution in [2.24, 2.45) is 0 Å². The Bertz CT molecular complexity index is 690. The summed E-state index contributed by atoms with van der Waals surface area (Å²) in [5.41, 5.74) is 0. The van der Waals surface area contributed by atoms with Crippen LogP contribution in [0.25, 0.3) is 0 Å². The molecule has 6 nitrogen and oxygen atoms in total. The van der Waals surface area contributed by atoms with E-state index in [1.165, 1.54) is 10.6 Å². The Morgan fingerprint density at radius 2 is 0.905 bits per heavy atom. The van der Waals surface area contributed by atoms with Gasteiger partial charge in [-0.1, -0.05) is 69.2 Å². The molecule has 0 amide bonds. The molecule has 2 rings (SSSR count). The Hall–Kier alpha value is -1.31. The molecule has 0 aromatic heterocycles. The van der Waals surface area contributed by atoms with E-state index in [0.29, 0.717) is 0 Å². The Morgan fingerprint density at radius 3 is 1.14 bits per heavy atom. The molecule has 0 radical (unpaired) electrons. The van der Waals surface area contributed by atoms with Crippen LogP contribution >= 0.6 is 8.58 Å². The van der Waals surface area contributed by atoms with Crippen molar-refractivity contribution in [3.8, 4) is 0 Å². The minimum absolute atomic E-state index is 0.777. The van der Waals surface area contributed by atoms with Crippen LogP contribution in [0.3, 0.4) is 0 Å². The molecule has 0 atom stereocenters. The third kappa shape index (κ3) is 6.79. The second-order valence-corrected chi connectivity index (χ2v) is 9.36. The van der Waals surface area contributed by atoms with Gasteiger partial charge in [-0.15, -0.1) is 0 Å². The molecule has 0 heterocycles. The van der Waals surface area contributed by atoms with Gasteiger partial charge >= 0.3 is 18.3 Å². The van der Waals surface area contributed by atoms with Gasteiger partial charge in [0.15, 0.2) is 0 Å². The second kappa shape index (κ2) is 7.63. The molecule has 0 saturated carbocycles. The molecule has 0 aliphatic rings. The van der Waals surface area contributed by atoms with Crippen LogP contribution in [0.1, 0.15) is 0 Å². The van der Waals surface area contributed by atoms with Crippen LogP contribution in [0.2, 0.25) is 0 Å². The van der Waals surface area contributed by atoms with Gasteiger partial charge in [0, 0.05) is 0 Å². The van der Waals surface area contributed by atoms with Crippen molar-refractivity contribution in [2.75, 3.05) is 0 Å². The standard InChI is InChI=1S/C12H11P.H2O6S2/c1-3-7-11(8-4-1)13-12-9-5-2-6-10-12;1-7(2,3)8(4,5)6/h1-10,13H;(H,1,2,3)(H,4,5,6). The van der Waals surface area contributed by atoms with Gasteiger partial charge in [0.1, 0.15) is 0 Å². The molecule has 2 aromatic carbocycles. The van der Waals surface area contributed by atoms with Crippen molar-refractivity contribution in [2.45, 2.75) is 0 Å². The highest BCUT2D eigenvalue weighted by Gasteiger charge is 2.22. The zero-order valence-electron chi connectivity index (χ0n) is 10.6. The van der Waals surface area contributed by atoms with Crippen LogP contribution in [0.4, 0.5) is 0 Å². The fourth-order valence-corrected chi connectivity index (χ4v) is 2.26. The second-order valence-electron chi connectivity index (χ2n) is 3.71. The van der Waals surface area contributed by atoms with E-state index in [9.17, 15) is 16.8 Å². The first-order chi connectivity index (χ1) is 9.70. The highest BCUT2D eigenvalue weighted by Crippen LogP contribution is 2.08. The maximum absolute atomic E-state index is 9.37. The van der Waals surface area contributed by atoms with E-state index in [1.807, 2.05) is 0 Å². The third-order valence-electron chi connectivity index (χ3n) is 2.10. The number of rotatable bonds is 3. The molecule has 2 N–H and O–H groups in total. The zero-order chi connectivity index (χ0) is 15.9. The SMILES string of the molecule is O=S(=O)(O)S(=O)(=O)O.c1ccc(Pc2ccccc2)cc1. The molecule has 21 heavy (non-hydrogen) atoms. The molecule has 0 bridgehead atoms. The van der Waals surface area contributed by atoms with E-state index >= 15 is 0 Å². The summed E-state index contributed by atoms with van der Waals surface area (Å²) in [6, 6.07) is 21.2. The summed E-state index contributed by atoms with van der Waals surface area (Å²) in [5, 5.41) is 2.79. The van der Waals surface area contributed by atoms with Gasteiger partial charge in [-0.3, -0.25) is 9.11 Å².